The molecule has 21 heavy (non-hydrogen) atoms. The summed E-state index contributed by atoms with van der Waals surface area (Å²) in [5.74, 6) is 0.775. The van der Waals surface area contributed by atoms with Gasteiger partial charge in [0, 0.05) is 24.6 Å². The third kappa shape index (κ3) is 3.84. The number of nitrogens with one attached hydrogen (secondary N) is 1. The molecule has 0 fully saturated rings. The molecule has 1 aromatic carbocycles. The predicted molar refractivity (Wildman–Crippen MR) is 86.2 cm³/mol. The van der Waals surface area contributed by atoms with E-state index in [2.05, 4.69) is 24.1 Å². The molecule has 0 bridgehead atoms. The monoisotopic (exact) mass is 286 g/mol. The van der Waals surface area contributed by atoms with Crippen molar-refractivity contribution in [2.75, 3.05) is 11.1 Å². The highest BCUT2D eigenvalue weighted by molar-refractivity contribution is 5.44. The lowest BCUT2D eigenvalue weighted by Crippen LogP contribution is -2.26. The van der Waals surface area contributed by atoms with Gasteiger partial charge in [-0.15, -0.1) is 0 Å². The van der Waals surface area contributed by atoms with E-state index in [-0.39, 0.29) is 11.6 Å². The van der Waals surface area contributed by atoms with Crippen molar-refractivity contribution in [3.8, 4) is 0 Å². The molecule has 2 aromatic rings. The Bertz CT molecular complexity index is 663. The van der Waals surface area contributed by atoms with Gasteiger partial charge in [-0.3, -0.25) is 4.79 Å². The van der Waals surface area contributed by atoms with Gasteiger partial charge in [0.05, 0.1) is 6.04 Å². The molecule has 5 heteroatoms. The maximum atomic E-state index is 12.4. The topological polar surface area (TPSA) is 72.9 Å². The van der Waals surface area contributed by atoms with Gasteiger partial charge in [0.15, 0.2) is 5.82 Å². The summed E-state index contributed by atoms with van der Waals surface area (Å²) in [5.41, 5.74) is 7.43. The Labute approximate surface area is 124 Å². The molecule has 0 saturated carbocycles. The highest BCUT2D eigenvalue weighted by Crippen LogP contribution is 2.18. The van der Waals surface area contributed by atoms with Gasteiger partial charge in [-0.25, -0.2) is 4.98 Å². The van der Waals surface area contributed by atoms with Crippen LogP contribution in [0.4, 0.5) is 11.5 Å². The van der Waals surface area contributed by atoms with E-state index < -0.39 is 0 Å². The maximum absolute atomic E-state index is 12.4. The average Bonchev–Trinajstić information content (AvgIpc) is 2.42. The summed E-state index contributed by atoms with van der Waals surface area (Å²) in [7, 11) is 0. The normalized spacial score (nSPS) is 12.4. The van der Waals surface area contributed by atoms with Crippen LogP contribution < -0.4 is 16.6 Å². The van der Waals surface area contributed by atoms with Crippen molar-refractivity contribution in [1.29, 1.82) is 0 Å². The SMILES string of the molecule is CC(C)Cn1ccnc(NC(C)c2cccc(N)c2)c1=O. The van der Waals surface area contributed by atoms with E-state index in [4.69, 9.17) is 5.73 Å². The number of aromatic nitrogens is 2. The largest absolute Gasteiger partial charge is 0.399 e. The maximum Gasteiger partial charge on any atom is 0.293 e. The molecule has 112 valence electrons. The van der Waals surface area contributed by atoms with Gasteiger partial charge in [0.25, 0.3) is 5.56 Å². The standard InChI is InChI=1S/C16H22N4O/c1-11(2)10-20-8-7-18-15(16(20)21)19-12(3)13-5-4-6-14(17)9-13/h4-9,11-12H,10,17H2,1-3H3,(H,18,19). The molecule has 0 aliphatic carbocycles. The summed E-state index contributed by atoms with van der Waals surface area (Å²) in [6, 6.07) is 7.57. The van der Waals surface area contributed by atoms with Crippen molar-refractivity contribution < 1.29 is 0 Å². The number of hydrogen-bond donors (Lipinski definition) is 2. The van der Waals surface area contributed by atoms with Gasteiger partial charge in [-0.2, -0.15) is 0 Å². The summed E-state index contributed by atoms with van der Waals surface area (Å²) < 4.78 is 1.69. The first-order chi connectivity index (χ1) is 9.97. The van der Waals surface area contributed by atoms with Crippen molar-refractivity contribution in [2.24, 2.45) is 5.92 Å². The van der Waals surface area contributed by atoms with Gasteiger partial charge in [0.1, 0.15) is 0 Å². The molecule has 5 nitrogen and oxygen atoms in total. The highest BCUT2D eigenvalue weighted by Gasteiger charge is 2.11. The fourth-order valence-electron chi connectivity index (χ4n) is 2.20. The van der Waals surface area contributed by atoms with Crippen molar-refractivity contribution in [1.82, 2.24) is 9.55 Å². The second kappa shape index (κ2) is 6.43. The van der Waals surface area contributed by atoms with E-state index in [1.807, 2.05) is 31.2 Å². The van der Waals surface area contributed by atoms with Crippen LogP contribution in [0.5, 0.6) is 0 Å². The number of benzene rings is 1. The molecule has 3 N–H and O–H groups in total. The van der Waals surface area contributed by atoms with Crippen LogP contribution in [-0.2, 0) is 6.54 Å². The van der Waals surface area contributed by atoms with Crippen LogP contribution >= 0.6 is 0 Å². The third-order valence-corrected chi connectivity index (χ3v) is 3.24. The molecule has 0 aliphatic heterocycles. The van der Waals surface area contributed by atoms with Crippen LogP contribution in [0.2, 0.25) is 0 Å². The van der Waals surface area contributed by atoms with E-state index in [1.54, 1.807) is 17.0 Å². The van der Waals surface area contributed by atoms with Gasteiger partial charge in [-0.05, 0) is 30.5 Å². The Hall–Kier alpha value is -2.30. The molecule has 1 atom stereocenters. The van der Waals surface area contributed by atoms with Crippen LogP contribution in [0.25, 0.3) is 0 Å². The minimum absolute atomic E-state index is 0.0383. The Kier molecular flexibility index (Phi) is 4.62. The summed E-state index contributed by atoms with van der Waals surface area (Å²) in [6.45, 7) is 6.82. The van der Waals surface area contributed by atoms with Gasteiger partial charge < -0.3 is 15.6 Å². The predicted octanol–water partition coefficient (Wildman–Crippen LogP) is 2.65. The highest BCUT2D eigenvalue weighted by atomic mass is 16.1. The Morgan fingerprint density at radius 2 is 2.10 bits per heavy atom. The summed E-state index contributed by atoms with van der Waals surface area (Å²) in [5, 5.41) is 3.17. The Morgan fingerprint density at radius 3 is 2.76 bits per heavy atom. The van der Waals surface area contributed by atoms with E-state index in [1.165, 1.54) is 0 Å². The average molecular weight is 286 g/mol. The van der Waals surface area contributed by atoms with E-state index in [0.717, 1.165) is 5.56 Å². The van der Waals surface area contributed by atoms with E-state index in [0.29, 0.717) is 24.0 Å². The summed E-state index contributed by atoms with van der Waals surface area (Å²) in [4.78, 5) is 16.5. The Morgan fingerprint density at radius 1 is 1.33 bits per heavy atom. The lowest BCUT2D eigenvalue weighted by molar-refractivity contribution is 0.509. The fourth-order valence-corrected chi connectivity index (χ4v) is 2.20. The smallest absolute Gasteiger partial charge is 0.293 e. The van der Waals surface area contributed by atoms with Crippen molar-refractivity contribution >= 4 is 11.5 Å². The lowest BCUT2D eigenvalue weighted by atomic mass is 10.1. The second-order valence-electron chi connectivity index (χ2n) is 5.66. The second-order valence-corrected chi connectivity index (χ2v) is 5.66. The third-order valence-electron chi connectivity index (χ3n) is 3.24. The zero-order chi connectivity index (χ0) is 15.4. The van der Waals surface area contributed by atoms with Gasteiger partial charge in [-0.1, -0.05) is 26.0 Å². The first-order valence-electron chi connectivity index (χ1n) is 7.14. The van der Waals surface area contributed by atoms with E-state index >= 15 is 0 Å². The number of rotatable bonds is 5. The van der Waals surface area contributed by atoms with Crippen molar-refractivity contribution in [2.45, 2.75) is 33.4 Å². The zero-order valence-corrected chi connectivity index (χ0v) is 12.7. The van der Waals surface area contributed by atoms with Crippen LogP contribution in [0, 0.1) is 5.92 Å². The van der Waals surface area contributed by atoms with Crippen LogP contribution in [-0.4, -0.2) is 9.55 Å². The van der Waals surface area contributed by atoms with Crippen LogP contribution in [0.15, 0.2) is 41.5 Å². The molecule has 0 aliphatic rings. The molecule has 2 rings (SSSR count). The number of hydrogen-bond acceptors (Lipinski definition) is 4. The quantitative estimate of drug-likeness (QED) is 0.829. The first-order valence-corrected chi connectivity index (χ1v) is 7.14. The lowest BCUT2D eigenvalue weighted by Gasteiger charge is -2.16. The minimum atomic E-state index is -0.0954. The van der Waals surface area contributed by atoms with Gasteiger partial charge >= 0.3 is 0 Å². The number of nitrogen functional groups attached to an aromatic ring is 1. The van der Waals surface area contributed by atoms with Crippen LogP contribution in [0.1, 0.15) is 32.4 Å². The Balaban J connectivity index is 2.21. The first kappa shape index (κ1) is 15.1. The number of nitrogens with zero attached hydrogens (tertiary/aromatic N) is 2. The molecule has 1 unspecified atom stereocenters. The van der Waals surface area contributed by atoms with Crippen molar-refractivity contribution in [3.63, 3.8) is 0 Å². The van der Waals surface area contributed by atoms with Crippen molar-refractivity contribution in [3.05, 3.63) is 52.6 Å². The molecular weight excluding hydrogens is 264 g/mol. The molecular formula is C16H22N4O. The number of nitrogens with two attached hydrogens (primary N) is 1. The van der Waals surface area contributed by atoms with Gasteiger partial charge in [0.2, 0.25) is 0 Å². The molecule has 0 saturated heterocycles. The molecule has 0 amide bonds. The molecule has 1 heterocycles. The zero-order valence-electron chi connectivity index (χ0n) is 12.7. The minimum Gasteiger partial charge on any atom is -0.399 e. The summed E-state index contributed by atoms with van der Waals surface area (Å²) in [6.07, 6.45) is 3.37. The fraction of sp³-hybridized carbons (Fsp3) is 0.375. The molecule has 1 aromatic heterocycles. The molecule has 0 radical (unpaired) electrons. The van der Waals surface area contributed by atoms with Crippen LogP contribution in [0.3, 0.4) is 0 Å². The van der Waals surface area contributed by atoms with E-state index in [9.17, 15) is 4.79 Å². The number of anilines is 2. The summed E-state index contributed by atoms with van der Waals surface area (Å²) >= 11 is 0. The molecule has 0 spiro atoms.